The summed E-state index contributed by atoms with van der Waals surface area (Å²) in [5.74, 6) is 0. The molecule has 4 heavy (non-hydrogen) atoms. The van der Waals surface area contributed by atoms with Crippen LogP contribution < -0.4 is 0 Å². The van der Waals surface area contributed by atoms with Gasteiger partial charge in [-0.2, -0.15) is 0 Å². The van der Waals surface area contributed by atoms with Crippen LogP contribution >= 0.6 is 0 Å². The molecule has 0 saturated heterocycles. The Kier molecular flexibility index (Phi) is 295. The first-order valence-corrected chi connectivity index (χ1v) is 0.612. The maximum atomic E-state index is 5.33. The minimum atomic E-state index is 0. The molecule has 0 heterocycles. The largest absolute Gasteiger partial charge is 2.00 e. The third kappa shape index (κ3) is 15.6. The van der Waals surface area contributed by atoms with Gasteiger partial charge in [-0.3, -0.25) is 4.70 Å². The van der Waals surface area contributed by atoms with Crippen LogP contribution in [0, 0.1) is 4.78 Å². The van der Waals surface area contributed by atoms with Gasteiger partial charge >= 0.3 is 23.1 Å². The average molecular weight is 93.4 g/mol. The van der Waals surface area contributed by atoms with Gasteiger partial charge in [-0.05, 0) is 0 Å². The average Bonchev–Trinajstić information content (AvgIpc) is 1.00. The second kappa shape index (κ2) is 53.4. The smallest absolute Gasteiger partial charge is 1.00 e. The summed E-state index contributed by atoms with van der Waals surface area (Å²) in [6, 6.07) is 0. The molecule has 0 bridgehead atoms. The first-order valence-electron chi connectivity index (χ1n) is 0.204. The van der Waals surface area contributed by atoms with Gasteiger partial charge in [0.05, 0.1) is 0 Å². The van der Waals surface area contributed by atoms with Crippen LogP contribution in [-0.4, -0.2) is 23.1 Å². The molecule has 0 atom stereocenters. The van der Waals surface area contributed by atoms with Crippen molar-refractivity contribution < 1.29 is 7.56 Å². The minimum absolute atomic E-state index is 0. The molecular weight excluding hydrogens is 89.4 g/mol. The van der Waals surface area contributed by atoms with Crippen LogP contribution in [0.4, 0.5) is 4.70 Å². The van der Waals surface area contributed by atoms with Crippen molar-refractivity contribution in [3.8, 4) is 0 Å². The summed E-state index contributed by atoms with van der Waals surface area (Å²) in [5.41, 5.74) is 0. The van der Waals surface area contributed by atoms with Crippen LogP contribution in [0.15, 0.2) is 0 Å². The maximum absolute atomic E-state index is 5.33. The van der Waals surface area contributed by atoms with Crippen molar-refractivity contribution in [3.05, 3.63) is 0 Å². The van der Waals surface area contributed by atoms with E-state index in [-0.39, 0.29) is 30.6 Å². The quantitative estimate of drug-likeness (QED) is 0.428. The van der Waals surface area contributed by atoms with Crippen molar-refractivity contribution in [2.45, 2.75) is 0 Å². The molecule has 0 saturated carbocycles. The third-order valence-electron chi connectivity index (χ3n) is 0. The van der Waals surface area contributed by atoms with E-state index in [0.29, 0.717) is 0 Å². The summed E-state index contributed by atoms with van der Waals surface area (Å²) in [6.07, 6.45) is 0. The first kappa shape index (κ1) is 22.1. The van der Waals surface area contributed by atoms with E-state index in [2.05, 4.69) is 12.4 Å². The first-order chi connectivity index (χ1) is 1.00. The van der Waals surface area contributed by atoms with Crippen molar-refractivity contribution in [2.24, 2.45) is 0 Å². The molecule has 1 N–H and O–H groups in total. The van der Waals surface area contributed by atoms with Gasteiger partial charge in [-0.15, -0.1) is 0 Å². The van der Waals surface area contributed by atoms with Crippen molar-refractivity contribution in [2.75, 3.05) is 0 Å². The van der Waals surface area contributed by atoms with Crippen molar-refractivity contribution in [3.63, 3.8) is 0 Å². The number of hydrogen-bond donors (Lipinski definition) is 1. The Labute approximate surface area is 48.2 Å². The Morgan fingerprint density at radius 1 is 1.50 bits per heavy atom. The molecule has 1 nitrogen and oxygen atoms in total. The van der Waals surface area contributed by atoms with Gasteiger partial charge in [0.25, 0.3) is 0 Å². The molecule has 0 radical (unpaired) electrons. The Hall–Kier alpha value is 0.716. The van der Waals surface area contributed by atoms with Crippen molar-refractivity contribution in [1.82, 2.24) is 0 Å². The normalized spacial score (nSPS) is 1.00. The monoisotopic (exact) mass is 93.0 g/mol. The number of hydrogen-bond acceptors (Lipinski definition) is 2. The minimum Gasteiger partial charge on any atom is -1.00 e. The van der Waals surface area contributed by atoms with E-state index in [1.54, 1.807) is 0 Å². The molecule has 0 fully saturated rings. The zero-order valence-electron chi connectivity index (χ0n) is 4.02. The van der Waals surface area contributed by atoms with Crippen molar-refractivity contribution >= 4 is 35.5 Å². The molecule has 0 spiro atoms. The number of rotatable bonds is 0. The van der Waals surface area contributed by atoms with Crippen molar-refractivity contribution in [1.29, 1.82) is 4.78 Å². The number of halogens is 1. The molecule has 0 rings (SSSR count). The fourth-order valence-electron chi connectivity index (χ4n) is 0. The predicted octanol–water partition coefficient (Wildman–Crippen LogP) is 0.292. The van der Waals surface area contributed by atoms with Crippen LogP contribution in [0.3, 0.4) is 0 Å². The third-order valence-corrected chi connectivity index (χ3v) is 0. The van der Waals surface area contributed by atoms with Crippen LogP contribution in [0.25, 0.3) is 0 Å². The van der Waals surface area contributed by atoms with E-state index in [0.717, 1.165) is 0 Å². The molecule has 0 aliphatic rings. The molecule has 4 heteroatoms. The Morgan fingerprint density at radius 2 is 1.50 bits per heavy atom. The molecule has 0 aromatic carbocycles. The van der Waals surface area contributed by atoms with Gasteiger partial charge in [-0.25, -0.2) is 4.78 Å². The van der Waals surface area contributed by atoms with E-state index in [4.69, 9.17) is 4.78 Å². The van der Waals surface area contributed by atoms with Gasteiger partial charge in [-0.1, -0.05) is 0 Å². The molecule has 0 aromatic rings. The molecule has 24 valence electrons. The predicted molar refractivity (Wildman–Crippen MR) is 20.6 cm³/mol. The van der Waals surface area contributed by atoms with E-state index in [9.17, 15) is 0 Å². The van der Waals surface area contributed by atoms with Gasteiger partial charge in [0.1, 0.15) is 0 Å². The number of nitrogens with one attached hydrogen (secondary N) is 1. The summed E-state index contributed by atoms with van der Waals surface area (Å²) in [5, 5.41) is 0. The van der Waals surface area contributed by atoms with Crippen LogP contribution in [0.2, 0.25) is 0 Å². The standard InChI is InChI=1S/FH.Mg.HNS.2H/c;;1-2;;/h1H;;1H;;/q;+2;;2*-1. The Bertz CT molecular complexity index is 13.5. The van der Waals surface area contributed by atoms with Gasteiger partial charge in [0.15, 0.2) is 0 Å². The molecule has 0 aliphatic heterocycles. The molecular formula is H4FMgNS. The molecule has 0 amide bonds. The van der Waals surface area contributed by atoms with E-state index >= 15 is 0 Å². The summed E-state index contributed by atoms with van der Waals surface area (Å²) in [4.78, 5) is 0. The molecule has 0 aromatic heterocycles. The van der Waals surface area contributed by atoms with Gasteiger partial charge < -0.3 is 2.85 Å². The molecule has 0 aliphatic carbocycles. The van der Waals surface area contributed by atoms with E-state index in [1.165, 1.54) is 0 Å². The van der Waals surface area contributed by atoms with Gasteiger partial charge in [0, 0.05) is 12.4 Å². The second-order valence-corrected chi connectivity index (χ2v) is 0. The summed E-state index contributed by atoms with van der Waals surface area (Å²) >= 11 is 3.33. The van der Waals surface area contributed by atoms with Crippen LogP contribution in [-0.2, 0) is 12.4 Å². The SMILES string of the molecule is F.N=S.[H-].[H-].[Mg+2]. The molecule has 0 unspecified atom stereocenters. The van der Waals surface area contributed by atoms with Crippen LogP contribution in [0.5, 0.6) is 0 Å². The van der Waals surface area contributed by atoms with Crippen LogP contribution in [0.1, 0.15) is 2.85 Å². The second-order valence-electron chi connectivity index (χ2n) is 0. The fraction of sp³-hybridized carbons (Fsp3) is 0. The van der Waals surface area contributed by atoms with Gasteiger partial charge in [0.2, 0.25) is 0 Å². The summed E-state index contributed by atoms with van der Waals surface area (Å²) in [6.45, 7) is 0. The fourth-order valence-corrected chi connectivity index (χ4v) is 0. The Morgan fingerprint density at radius 3 is 1.50 bits per heavy atom. The summed E-state index contributed by atoms with van der Waals surface area (Å²) in [7, 11) is 0. The topological polar surface area (TPSA) is 23.9 Å². The Balaban J connectivity index is -0.000000000833. The zero-order valence-corrected chi connectivity index (χ0v) is 4.25. The summed E-state index contributed by atoms with van der Waals surface area (Å²) < 4.78 is 5.33. The zero-order chi connectivity index (χ0) is 2.00. The maximum Gasteiger partial charge on any atom is 2.00 e. The van der Waals surface area contributed by atoms with E-state index in [1.807, 2.05) is 0 Å². The van der Waals surface area contributed by atoms with E-state index < -0.39 is 0 Å².